The minimum absolute atomic E-state index is 0.000166. The van der Waals surface area contributed by atoms with E-state index in [1.165, 1.54) is 36.0 Å². The molecular formula is C28H38N4O7S2. The van der Waals surface area contributed by atoms with Crippen LogP contribution in [0.25, 0.3) is 0 Å². The Morgan fingerprint density at radius 2 is 1.10 bits per heavy atom. The van der Waals surface area contributed by atoms with Gasteiger partial charge in [0.05, 0.1) is 6.04 Å². The van der Waals surface area contributed by atoms with Crippen molar-refractivity contribution in [1.82, 2.24) is 16.0 Å². The van der Waals surface area contributed by atoms with Crippen molar-refractivity contribution < 1.29 is 34.5 Å². The first kappa shape index (κ1) is 33.8. The smallest absolute Gasteiger partial charge is 0.326 e. The molecule has 0 spiro atoms. The normalized spacial score (nSPS) is 13.8. The standard InChI is InChI=1S/C28H38N4O7S2/c1-40-13-11-21(29)25(35)30-22(12-14-41-2)26(36)31-23(15-17-3-7-19(33)8-4-17)27(37)32-24(28(38)39)16-18-5-9-20(34)10-6-18/h3-10,21-24,33-34H,11-16,29H2,1-2H3,(H,30,35)(H,31,36)(H,32,37)(H,38,39). The molecule has 0 aliphatic rings. The number of thioether (sulfide) groups is 2. The Morgan fingerprint density at radius 3 is 1.59 bits per heavy atom. The van der Waals surface area contributed by atoms with Crippen molar-refractivity contribution in [1.29, 1.82) is 0 Å². The maximum absolute atomic E-state index is 13.4. The highest BCUT2D eigenvalue weighted by Crippen LogP contribution is 2.14. The van der Waals surface area contributed by atoms with Crippen LogP contribution in [0.3, 0.4) is 0 Å². The summed E-state index contributed by atoms with van der Waals surface area (Å²) in [6.07, 6.45) is 4.44. The van der Waals surface area contributed by atoms with Gasteiger partial charge < -0.3 is 37.0 Å². The highest BCUT2D eigenvalue weighted by atomic mass is 32.2. The van der Waals surface area contributed by atoms with E-state index in [1.54, 1.807) is 36.0 Å². The lowest BCUT2D eigenvalue weighted by molar-refractivity contribution is -0.142. The SMILES string of the molecule is CSCCC(N)C(=O)NC(CCSC)C(=O)NC(Cc1ccc(O)cc1)C(=O)NC(Cc1ccc(O)cc1)C(=O)O. The predicted octanol–water partition coefficient (Wildman–Crippen LogP) is 1.26. The maximum Gasteiger partial charge on any atom is 0.326 e. The van der Waals surface area contributed by atoms with Gasteiger partial charge in [-0.25, -0.2) is 4.79 Å². The summed E-state index contributed by atoms with van der Waals surface area (Å²) in [7, 11) is 0. The number of phenols is 2. The summed E-state index contributed by atoms with van der Waals surface area (Å²) in [6, 6.07) is 7.74. The molecule has 0 fully saturated rings. The van der Waals surface area contributed by atoms with Gasteiger partial charge >= 0.3 is 5.97 Å². The average Bonchev–Trinajstić information content (AvgIpc) is 2.95. The van der Waals surface area contributed by atoms with Crippen LogP contribution in [0.5, 0.6) is 11.5 Å². The molecule has 0 radical (unpaired) electrons. The molecule has 2 aromatic rings. The molecular weight excluding hydrogens is 568 g/mol. The number of carbonyl (C=O) groups excluding carboxylic acids is 3. The second-order valence-electron chi connectivity index (χ2n) is 9.43. The lowest BCUT2D eigenvalue weighted by Crippen LogP contribution is -2.58. The number of nitrogens with two attached hydrogens (primary N) is 1. The molecule has 0 heterocycles. The van der Waals surface area contributed by atoms with Crippen molar-refractivity contribution in [2.75, 3.05) is 24.0 Å². The van der Waals surface area contributed by atoms with Crippen LogP contribution in [0.2, 0.25) is 0 Å². The lowest BCUT2D eigenvalue weighted by Gasteiger charge is -2.25. The highest BCUT2D eigenvalue weighted by molar-refractivity contribution is 7.98. The summed E-state index contributed by atoms with van der Waals surface area (Å²) in [5.74, 6) is -1.80. The molecule has 3 amide bonds. The molecule has 0 aliphatic heterocycles. The van der Waals surface area contributed by atoms with E-state index in [0.29, 0.717) is 35.5 Å². The number of hydrogen-bond donors (Lipinski definition) is 7. The quantitative estimate of drug-likeness (QED) is 0.138. The number of amides is 3. The number of carboxylic acid groups (broad SMARTS) is 1. The van der Waals surface area contributed by atoms with Crippen LogP contribution in [-0.4, -0.2) is 87.2 Å². The number of benzene rings is 2. The monoisotopic (exact) mass is 606 g/mol. The van der Waals surface area contributed by atoms with E-state index in [1.807, 2.05) is 12.5 Å². The van der Waals surface area contributed by atoms with Gasteiger partial charge in [0, 0.05) is 12.8 Å². The van der Waals surface area contributed by atoms with E-state index in [0.717, 1.165) is 0 Å². The molecule has 13 heteroatoms. The molecule has 0 aliphatic carbocycles. The zero-order valence-corrected chi connectivity index (χ0v) is 24.7. The third kappa shape index (κ3) is 11.9. The van der Waals surface area contributed by atoms with Gasteiger partial charge in [-0.3, -0.25) is 14.4 Å². The minimum atomic E-state index is -1.31. The van der Waals surface area contributed by atoms with Gasteiger partial charge in [0.25, 0.3) is 0 Å². The molecule has 41 heavy (non-hydrogen) atoms. The van der Waals surface area contributed by atoms with Crippen molar-refractivity contribution in [3.8, 4) is 11.5 Å². The summed E-state index contributed by atoms with van der Waals surface area (Å²) in [6.45, 7) is 0. The Kier molecular flexibility index (Phi) is 14.3. The van der Waals surface area contributed by atoms with E-state index < -0.39 is 47.9 Å². The predicted molar refractivity (Wildman–Crippen MR) is 161 cm³/mol. The molecule has 0 saturated carbocycles. The third-order valence-corrected chi connectivity index (χ3v) is 7.50. The average molecular weight is 607 g/mol. The lowest BCUT2D eigenvalue weighted by atomic mass is 10.0. The number of hydrogen-bond acceptors (Lipinski definition) is 9. The van der Waals surface area contributed by atoms with Crippen LogP contribution in [-0.2, 0) is 32.0 Å². The largest absolute Gasteiger partial charge is 0.508 e. The van der Waals surface area contributed by atoms with Crippen molar-refractivity contribution in [3.05, 3.63) is 59.7 Å². The molecule has 0 saturated heterocycles. The number of aliphatic carboxylic acids is 1. The Balaban J connectivity index is 2.25. The molecule has 11 nitrogen and oxygen atoms in total. The van der Waals surface area contributed by atoms with Crippen LogP contribution in [0, 0.1) is 0 Å². The Hall–Kier alpha value is -3.42. The van der Waals surface area contributed by atoms with Crippen molar-refractivity contribution in [2.45, 2.75) is 49.9 Å². The summed E-state index contributed by atoms with van der Waals surface area (Å²) in [5, 5.41) is 36.8. The van der Waals surface area contributed by atoms with Crippen LogP contribution in [0.4, 0.5) is 0 Å². The summed E-state index contributed by atoms with van der Waals surface area (Å²) >= 11 is 3.04. The van der Waals surface area contributed by atoms with E-state index >= 15 is 0 Å². The zero-order valence-electron chi connectivity index (χ0n) is 23.0. The molecule has 4 atom stereocenters. The number of rotatable bonds is 17. The second kappa shape index (κ2) is 17.4. The van der Waals surface area contributed by atoms with Gasteiger partial charge in [0.2, 0.25) is 17.7 Å². The zero-order chi connectivity index (χ0) is 30.4. The van der Waals surface area contributed by atoms with Gasteiger partial charge in [0.15, 0.2) is 0 Å². The number of carbonyl (C=O) groups is 4. The van der Waals surface area contributed by atoms with E-state index in [-0.39, 0.29) is 24.3 Å². The van der Waals surface area contributed by atoms with Crippen LogP contribution >= 0.6 is 23.5 Å². The van der Waals surface area contributed by atoms with Crippen molar-refractivity contribution in [2.24, 2.45) is 5.73 Å². The fourth-order valence-corrected chi connectivity index (χ4v) is 4.81. The van der Waals surface area contributed by atoms with E-state index in [9.17, 15) is 34.5 Å². The number of carboxylic acids is 1. The number of aromatic hydroxyl groups is 2. The first-order valence-corrected chi connectivity index (χ1v) is 15.8. The Labute approximate surface area is 248 Å². The van der Waals surface area contributed by atoms with Crippen LogP contribution in [0.15, 0.2) is 48.5 Å². The molecule has 2 aromatic carbocycles. The number of nitrogens with one attached hydrogen (secondary N) is 3. The summed E-state index contributed by atoms with van der Waals surface area (Å²) < 4.78 is 0. The van der Waals surface area contributed by atoms with Crippen LogP contribution < -0.4 is 21.7 Å². The first-order valence-electron chi connectivity index (χ1n) is 13.0. The molecule has 224 valence electrons. The highest BCUT2D eigenvalue weighted by Gasteiger charge is 2.30. The summed E-state index contributed by atoms with van der Waals surface area (Å²) in [5.41, 5.74) is 7.17. The number of phenolic OH excluding ortho intramolecular Hbond substituents is 2. The fourth-order valence-electron chi connectivity index (χ4n) is 3.85. The third-order valence-electron chi connectivity index (χ3n) is 6.21. The summed E-state index contributed by atoms with van der Waals surface area (Å²) in [4.78, 5) is 51.4. The fraction of sp³-hybridized carbons (Fsp3) is 0.429. The van der Waals surface area contributed by atoms with Crippen molar-refractivity contribution >= 4 is 47.2 Å². The van der Waals surface area contributed by atoms with Crippen LogP contribution in [0.1, 0.15) is 24.0 Å². The van der Waals surface area contributed by atoms with Gasteiger partial charge in [-0.15, -0.1) is 0 Å². The van der Waals surface area contributed by atoms with E-state index in [4.69, 9.17) is 5.73 Å². The molecule has 0 aromatic heterocycles. The first-order chi connectivity index (χ1) is 19.5. The Morgan fingerprint density at radius 1 is 0.683 bits per heavy atom. The molecule has 4 unspecified atom stereocenters. The van der Waals surface area contributed by atoms with Gasteiger partial charge in [-0.2, -0.15) is 23.5 Å². The maximum atomic E-state index is 13.4. The van der Waals surface area contributed by atoms with Crippen molar-refractivity contribution in [3.63, 3.8) is 0 Å². The van der Waals surface area contributed by atoms with Gasteiger partial charge in [-0.1, -0.05) is 24.3 Å². The minimum Gasteiger partial charge on any atom is -0.508 e. The Bertz CT molecular complexity index is 1150. The molecule has 0 bridgehead atoms. The molecule has 2 rings (SSSR count). The second-order valence-corrected chi connectivity index (χ2v) is 11.4. The van der Waals surface area contributed by atoms with Gasteiger partial charge in [0.1, 0.15) is 29.6 Å². The molecule has 8 N–H and O–H groups in total. The van der Waals surface area contributed by atoms with Gasteiger partial charge in [-0.05, 0) is 72.3 Å². The topological polar surface area (TPSA) is 191 Å². The van der Waals surface area contributed by atoms with E-state index in [2.05, 4.69) is 16.0 Å².